The van der Waals surface area contributed by atoms with Gasteiger partial charge < -0.3 is 15.0 Å². The largest absolute Gasteiger partial charge is 0.496 e. The molecular weight excluding hydrogens is 419 g/mol. The van der Waals surface area contributed by atoms with Crippen LogP contribution >= 0.6 is 0 Å². The number of amides is 1. The number of rotatable bonds is 7. The first-order valence-corrected chi connectivity index (χ1v) is 11.3. The van der Waals surface area contributed by atoms with Crippen LogP contribution < -0.4 is 10.1 Å². The Hall–Kier alpha value is -3.48. The molecule has 4 rings (SSSR count). The van der Waals surface area contributed by atoms with Gasteiger partial charge in [0.15, 0.2) is 0 Å². The molecule has 0 bridgehead atoms. The predicted octanol–water partition coefficient (Wildman–Crippen LogP) is 4.64. The van der Waals surface area contributed by atoms with Crippen molar-refractivity contribution in [1.82, 2.24) is 14.9 Å². The van der Waals surface area contributed by atoms with Crippen molar-refractivity contribution < 1.29 is 13.9 Å². The van der Waals surface area contributed by atoms with Crippen LogP contribution in [0.15, 0.2) is 54.6 Å². The molecule has 0 spiro atoms. The van der Waals surface area contributed by atoms with Crippen LogP contribution in [0.25, 0.3) is 0 Å². The number of anilines is 1. The van der Waals surface area contributed by atoms with E-state index in [2.05, 4.69) is 15.3 Å². The van der Waals surface area contributed by atoms with Crippen LogP contribution in [0.2, 0.25) is 0 Å². The monoisotopic (exact) mass is 448 g/mol. The number of hydrogen-bond acceptors (Lipinski definition) is 5. The molecule has 1 aliphatic heterocycles. The van der Waals surface area contributed by atoms with Gasteiger partial charge in [0, 0.05) is 37.0 Å². The fourth-order valence-corrected chi connectivity index (χ4v) is 4.28. The standard InChI is InChI=1S/C26H29FN4O2/c1-18-29-21(16-25(30-18)28-17-20-7-3-5-9-23(20)27)15-19-11-13-31(14-12-19)26(32)22-8-4-6-10-24(22)33-2/h3-10,16,19H,11-15,17H2,1-2H3,(H,28,29,30). The van der Waals surface area contributed by atoms with E-state index in [1.165, 1.54) is 6.07 Å². The van der Waals surface area contributed by atoms with Crippen molar-refractivity contribution in [3.05, 3.63) is 83.1 Å². The number of carbonyl (C=O) groups excluding carboxylic acids is 1. The summed E-state index contributed by atoms with van der Waals surface area (Å²) in [6.45, 7) is 3.66. The fraction of sp³-hybridized carbons (Fsp3) is 0.346. The topological polar surface area (TPSA) is 67.3 Å². The van der Waals surface area contributed by atoms with Crippen LogP contribution in [0, 0.1) is 18.7 Å². The highest BCUT2D eigenvalue weighted by atomic mass is 19.1. The molecule has 3 aromatic rings. The van der Waals surface area contributed by atoms with Crippen molar-refractivity contribution >= 4 is 11.7 Å². The van der Waals surface area contributed by atoms with Crippen molar-refractivity contribution in [3.8, 4) is 5.75 Å². The second kappa shape index (κ2) is 10.4. The molecule has 2 aromatic carbocycles. The van der Waals surface area contributed by atoms with Gasteiger partial charge in [0.1, 0.15) is 23.2 Å². The molecule has 1 saturated heterocycles. The second-order valence-electron chi connectivity index (χ2n) is 8.38. The van der Waals surface area contributed by atoms with Crippen molar-refractivity contribution in [2.75, 3.05) is 25.5 Å². The highest BCUT2D eigenvalue weighted by Crippen LogP contribution is 2.26. The molecule has 6 nitrogen and oxygen atoms in total. The number of nitrogens with zero attached hydrogens (tertiary/aromatic N) is 3. The smallest absolute Gasteiger partial charge is 0.257 e. The van der Waals surface area contributed by atoms with Crippen molar-refractivity contribution in [3.63, 3.8) is 0 Å². The highest BCUT2D eigenvalue weighted by molar-refractivity contribution is 5.97. The summed E-state index contributed by atoms with van der Waals surface area (Å²) in [5.41, 5.74) is 2.17. The number of ether oxygens (including phenoxy) is 1. The first-order valence-electron chi connectivity index (χ1n) is 11.3. The number of aromatic nitrogens is 2. The van der Waals surface area contributed by atoms with Gasteiger partial charge in [0.25, 0.3) is 5.91 Å². The maximum Gasteiger partial charge on any atom is 0.257 e. The average molecular weight is 449 g/mol. The van der Waals surface area contributed by atoms with E-state index in [-0.39, 0.29) is 11.7 Å². The number of nitrogens with one attached hydrogen (secondary N) is 1. The Morgan fingerprint density at radius 1 is 1.12 bits per heavy atom. The Morgan fingerprint density at radius 2 is 1.85 bits per heavy atom. The maximum absolute atomic E-state index is 13.9. The molecule has 1 fully saturated rings. The van der Waals surface area contributed by atoms with Crippen LogP contribution in [0.1, 0.15) is 40.3 Å². The minimum absolute atomic E-state index is 0.0170. The Kier molecular flexibility index (Phi) is 7.17. The summed E-state index contributed by atoms with van der Waals surface area (Å²) in [5, 5.41) is 3.22. The number of aryl methyl sites for hydroxylation is 1. The molecule has 1 N–H and O–H groups in total. The lowest BCUT2D eigenvalue weighted by Crippen LogP contribution is -2.39. The van der Waals surface area contributed by atoms with Gasteiger partial charge in [0.2, 0.25) is 0 Å². The minimum Gasteiger partial charge on any atom is -0.496 e. The molecule has 33 heavy (non-hydrogen) atoms. The first kappa shape index (κ1) is 22.7. The number of piperidine rings is 1. The molecule has 0 unspecified atom stereocenters. The molecule has 0 saturated carbocycles. The van der Waals surface area contributed by atoms with Crippen LogP contribution in [0.3, 0.4) is 0 Å². The number of hydrogen-bond donors (Lipinski definition) is 1. The Morgan fingerprint density at radius 3 is 2.61 bits per heavy atom. The minimum atomic E-state index is -0.231. The van der Waals surface area contributed by atoms with Gasteiger partial charge in [-0.3, -0.25) is 4.79 Å². The van der Waals surface area contributed by atoms with Crippen molar-refractivity contribution in [2.24, 2.45) is 5.92 Å². The Balaban J connectivity index is 1.34. The number of carbonyl (C=O) groups is 1. The number of halogens is 1. The summed E-state index contributed by atoms with van der Waals surface area (Å²) >= 11 is 0. The zero-order chi connectivity index (χ0) is 23.2. The summed E-state index contributed by atoms with van der Waals surface area (Å²) in [6.07, 6.45) is 2.66. The molecule has 0 radical (unpaired) electrons. The summed E-state index contributed by atoms with van der Waals surface area (Å²) in [7, 11) is 1.58. The third-order valence-corrected chi connectivity index (χ3v) is 6.05. The van der Waals surface area contributed by atoms with Crippen LogP contribution in [-0.2, 0) is 13.0 Å². The van der Waals surface area contributed by atoms with E-state index in [0.29, 0.717) is 54.1 Å². The molecule has 172 valence electrons. The zero-order valence-electron chi connectivity index (χ0n) is 19.1. The summed E-state index contributed by atoms with van der Waals surface area (Å²) in [5.74, 6) is 2.22. The Labute approximate surface area is 193 Å². The van der Waals surface area contributed by atoms with E-state index in [9.17, 15) is 9.18 Å². The molecule has 1 aliphatic rings. The number of para-hydroxylation sites is 1. The number of benzene rings is 2. The molecule has 0 atom stereocenters. The Bertz CT molecular complexity index is 1110. The molecule has 0 aliphatic carbocycles. The third kappa shape index (κ3) is 5.66. The first-order chi connectivity index (χ1) is 16.0. The average Bonchev–Trinajstić information content (AvgIpc) is 2.83. The molecule has 1 amide bonds. The van der Waals surface area contributed by atoms with E-state index >= 15 is 0 Å². The van der Waals surface area contributed by atoms with Crippen LogP contribution in [0.5, 0.6) is 5.75 Å². The van der Waals surface area contributed by atoms with E-state index in [1.54, 1.807) is 19.2 Å². The van der Waals surface area contributed by atoms with Gasteiger partial charge in [-0.25, -0.2) is 14.4 Å². The number of methoxy groups -OCH3 is 1. The molecule has 1 aromatic heterocycles. The quantitative estimate of drug-likeness (QED) is 0.570. The molecular formula is C26H29FN4O2. The van der Waals surface area contributed by atoms with Gasteiger partial charge in [-0.1, -0.05) is 30.3 Å². The highest BCUT2D eigenvalue weighted by Gasteiger charge is 2.25. The second-order valence-corrected chi connectivity index (χ2v) is 8.38. The maximum atomic E-state index is 13.9. The fourth-order valence-electron chi connectivity index (χ4n) is 4.28. The van der Waals surface area contributed by atoms with E-state index in [4.69, 9.17) is 4.74 Å². The van der Waals surface area contributed by atoms with E-state index < -0.39 is 0 Å². The zero-order valence-corrected chi connectivity index (χ0v) is 19.1. The summed E-state index contributed by atoms with van der Waals surface area (Å²) < 4.78 is 19.2. The van der Waals surface area contributed by atoms with Gasteiger partial charge in [-0.05, 0) is 50.3 Å². The lowest BCUT2D eigenvalue weighted by molar-refractivity contribution is 0.0687. The normalized spacial score (nSPS) is 14.2. The van der Waals surface area contributed by atoms with E-state index in [0.717, 1.165) is 25.0 Å². The van der Waals surface area contributed by atoms with Gasteiger partial charge in [-0.15, -0.1) is 0 Å². The van der Waals surface area contributed by atoms with E-state index in [1.807, 2.05) is 48.2 Å². The molecule has 2 heterocycles. The van der Waals surface area contributed by atoms with Crippen molar-refractivity contribution in [1.29, 1.82) is 0 Å². The summed E-state index contributed by atoms with van der Waals surface area (Å²) in [6, 6.07) is 16.0. The lowest BCUT2D eigenvalue weighted by atomic mass is 9.91. The molecule has 7 heteroatoms. The predicted molar refractivity (Wildman–Crippen MR) is 126 cm³/mol. The van der Waals surface area contributed by atoms with Gasteiger partial charge >= 0.3 is 0 Å². The lowest BCUT2D eigenvalue weighted by Gasteiger charge is -2.32. The van der Waals surface area contributed by atoms with Crippen LogP contribution in [0.4, 0.5) is 10.2 Å². The number of likely N-dealkylation sites (tertiary alicyclic amines) is 1. The van der Waals surface area contributed by atoms with Crippen molar-refractivity contribution in [2.45, 2.75) is 32.7 Å². The third-order valence-electron chi connectivity index (χ3n) is 6.05. The summed E-state index contributed by atoms with van der Waals surface area (Å²) in [4.78, 5) is 23.9. The van der Waals surface area contributed by atoms with Crippen LogP contribution in [-0.4, -0.2) is 41.0 Å². The van der Waals surface area contributed by atoms with Gasteiger partial charge in [-0.2, -0.15) is 0 Å². The van der Waals surface area contributed by atoms with Gasteiger partial charge in [0.05, 0.1) is 12.7 Å². The SMILES string of the molecule is COc1ccccc1C(=O)N1CCC(Cc2cc(NCc3ccccc3F)nc(C)n2)CC1.